The fourth-order valence-electron chi connectivity index (χ4n) is 0.975. The van der Waals surface area contributed by atoms with Crippen molar-refractivity contribution in [1.82, 2.24) is 0 Å². The smallest absolute Gasteiger partial charge is 0.207 e. The van der Waals surface area contributed by atoms with Gasteiger partial charge in [0, 0.05) is 13.3 Å². The van der Waals surface area contributed by atoms with Gasteiger partial charge in [-0.2, -0.15) is 0 Å². The van der Waals surface area contributed by atoms with Crippen LogP contribution >= 0.6 is 0 Å². The minimum Gasteiger partial charge on any atom is -0.419 e. The zero-order valence-corrected chi connectivity index (χ0v) is 10.0. The average Bonchev–Trinajstić information content (AvgIpc) is 2.19. The van der Waals surface area contributed by atoms with Gasteiger partial charge in [0.25, 0.3) is 0 Å². The van der Waals surface area contributed by atoms with Crippen molar-refractivity contribution in [3.63, 3.8) is 0 Å². The summed E-state index contributed by atoms with van der Waals surface area (Å²) in [7, 11) is 0.239. The lowest BCUT2D eigenvalue weighted by Gasteiger charge is -2.16. The van der Waals surface area contributed by atoms with Crippen LogP contribution in [0.1, 0.15) is 5.56 Å². The van der Waals surface area contributed by atoms with Crippen LogP contribution in [0.5, 0.6) is 0 Å². The molecule has 0 fully saturated rings. The molecule has 14 heavy (non-hydrogen) atoms. The zero-order valence-electron chi connectivity index (χ0n) is 9.03. The summed E-state index contributed by atoms with van der Waals surface area (Å²) in [4.78, 5) is 4.40. The van der Waals surface area contributed by atoms with Gasteiger partial charge in [-0.25, -0.2) is 0 Å². The highest BCUT2D eigenvalue weighted by Crippen LogP contribution is 2.02. The lowest BCUT2D eigenvalue weighted by Crippen LogP contribution is -2.33. The van der Waals surface area contributed by atoms with Crippen molar-refractivity contribution < 1.29 is 4.43 Å². The van der Waals surface area contributed by atoms with Crippen molar-refractivity contribution in [2.45, 2.75) is 13.1 Å². The summed E-state index contributed by atoms with van der Waals surface area (Å²) in [5.41, 5.74) is 1.15. The molecule has 0 aliphatic heterocycles. The molecule has 0 bridgehead atoms. The third-order valence-corrected chi connectivity index (χ3v) is 4.11. The molecule has 1 rings (SSSR count). The molecule has 0 saturated heterocycles. The summed E-state index contributed by atoms with van der Waals surface area (Å²) in [5, 5.41) is 0. The summed E-state index contributed by atoms with van der Waals surface area (Å²) in [5.74, 6) is 0. The van der Waals surface area contributed by atoms with Crippen molar-refractivity contribution in [2.75, 3.05) is 13.3 Å². The van der Waals surface area contributed by atoms with Crippen molar-refractivity contribution in [1.29, 1.82) is 0 Å². The van der Waals surface area contributed by atoms with Crippen LogP contribution in [0, 0.1) is 0 Å². The summed E-state index contributed by atoms with van der Waals surface area (Å²) >= 11 is 0. The topological polar surface area (TPSA) is 21.6 Å². The highest BCUT2D eigenvalue weighted by atomic mass is 28.4. The Balaban J connectivity index is 2.50. The van der Waals surface area contributed by atoms with Crippen molar-refractivity contribution in [3.8, 4) is 0 Å². The Bertz CT molecular complexity index is 295. The first-order valence-corrected chi connectivity index (χ1v) is 7.86. The third-order valence-electron chi connectivity index (χ3n) is 2.06. The first-order chi connectivity index (χ1) is 6.64. The van der Waals surface area contributed by atoms with E-state index in [4.69, 9.17) is 4.43 Å². The van der Waals surface area contributed by atoms with E-state index < -0.39 is 8.32 Å². The third kappa shape index (κ3) is 3.85. The van der Waals surface area contributed by atoms with Gasteiger partial charge in [-0.1, -0.05) is 30.3 Å². The second-order valence-corrected chi connectivity index (χ2v) is 8.09. The van der Waals surface area contributed by atoms with E-state index in [0.717, 1.165) is 11.7 Å². The quantitative estimate of drug-likeness (QED) is 0.549. The molecular weight excluding hydrogens is 190 g/mol. The second-order valence-electron chi connectivity index (χ2n) is 3.84. The monoisotopic (exact) mass is 207 g/mol. The molecule has 0 atom stereocenters. The number of hydrogen-bond acceptors (Lipinski definition) is 2. The van der Waals surface area contributed by atoms with Crippen LogP contribution in [0.2, 0.25) is 13.1 Å². The molecule has 0 aliphatic rings. The Morgan fingerprint density at radius 1 is 1.29 bits per heavy atom. The van der Waals surface area contributed by atoms with Crippen LogP contribution in [0.3, 0.4) is 0 Å². The molecule has 0 spiro atoms. The zero-order chi connectivity index (χ0) is 10.4. The first kappa shape index (κ1) is 11.1. The number of nitrogens with zero attached hydrogens (tertiary/aromatic N) is 1. The van der Waals surface area contributed by atoms with Gasteiger partial charge in [0.15, 0.2) is 0 Å². The molecule has 0 aliphatic carbocycles. The Morgan fingerprint density at radius 3 is 2.50 bits per heavy atom. The lowest BCUT2D eigenvalue weighted by molar-refractivity contribution is 0.405. The fourth-order valence-corrected chi connectivity index (χ4v) is 1.63. The lowest BCUT2D eigenvalue weighted by atomic mass is 10.2. The normalized spacial score (nSPS) is 12.2. The molecule has 3 heteroatoms. The summed E-state index contributed by atoms with van der Waals surface area (Å²) in [6.45, 7) is 4.32. The van der Waals surface area contributed by atoms with Gasteiger partial charge in [-0.05, 0) is 18.7 Å². The predicted octanol–water partition coefficient (Wildman–Crippen LogP) is 2.50. The van der Waals surface area contributed by atoms with Gasteiger partial charge in [0.2, 0.25) is 8.32 Å². The SMILES string of the molecule is CO[Si](C)(C)CN=Cc1ccccc1. The molecule has 0 unspecified atom stereocenters. The molecule has 0 radical (unpaired) electrons. The van der Waals surface area contributed by atoms with E-state index >= 15 is 0 Å². The van der Waals surface area contributed by atoms with Gasteiger partial charge in [0.1, 0.15) is 0 Å². The van der Waals surface area contributed by atoms with E-state index in [2.05, 4.69) is 18.1 Å². The van der Waals surface area contributed by atoms with Gasteiger partial charge in [0.05, 0.1) is 6.17 Å². The number of hydrogen-bond donors (Lipinski definition) is 0. The standard InChI is InChI=1S/C11H17NOSi/c1-13-14(2,3)10-12-9-11-7-5-4-6-8-11/h4-9H,10H2,1-3H3. The average molecular weight is 207 g/mol. The van der Waals surface area contributed by atoms with E-state index in [0.29, 0.717) is 0 Å². The van der Waals surface area contributed by atoms with Gasteiger partial charge >= 0.3 is 0 Å². The summed E-state index contributed by atoms with van der Waals surface area (Å²) in [6, 6.07) is 10.1. The molecule has 2 nitrogen and oxygen atoms in total. The number of rotatable bonds is 4. The van der Waals surface area contributed by atoms with Crippen LogP contribution < -0.4 is 0 Å². The Morgan fingerprint density at radius 2 is 1.93 bits per heavy atom. The minimum atomic E-state index is -1.53. The van der Waals surface area contributed by atoms with Crippen LogP contribution in [0.25, 0.3) is 0 Å². The molecule has 1 aromatic rings. The summed E-state index contributed by atoms with van der Waals surface area (Å²) in [6.07, 6.45) is 2.73. The number of benzene rings is 1. The maximum atomic E-state index is 5.40. The molecule has 1 aromatic carbocycles. The largest absolute Gasteiger partial charge is 0.419 e. The highest BCUT2D eigenvalue weighted by molar-refractivity contribution is 6.71. The molecular formula is C11H17NOSi. The molecule has 0 N–H and O–H groups in total. The maximum absolute atomic E-state index is 5.40. The van der Waals surface area contributed by atoms with E-state index in [-0.39, 0.29) is 0 Å². The van der Waals surface area contributed by atoms with Gasteiger partial charge < -0.3 is 4.43 Å². The van der Waals surface area contributed by atoms with Crippen LogP contribution in [-0.4, -0.2) is 27.8 Å². The Hall–Kier alpha value is -0.933. The van der Waals surface area contributed by atoms with Crippen molar-refractivity contribution >= 4 is 14.5 Å². The maximum Gasteiger partial charge on any atom is 0.207 e. The van der Waals surface area contributed by atoms with Crippen molar-refractivity contribution in [2.24, 2.45) is 4.99 Å². The van der Waals surface area contributed by atoms with Gasteiger partial charge in [-0.3, -0.25) is 4.99 Å². The van der Waals surface area contributed by atoms with Gasteiger partial charge in [-0.15, -0.1) is 0 Å². The molecule has 0 saturated carbocycles. The molecule has 0 amide bonds. The van der Waals surface area contributed by atoms with E-state index in [9.17, 15) is 0 Å². The van der Waals surface area contributed by atoms with Crippen LogP contribution in [0.15, 0.2) is 35.3 Å². The van der Waals surface area contributed by atoms with Crippen LogP contribution in [-0.2, 0) is 4.43 Å². The molecule has 0 aromatic heterocycles. The first-order valence-electron chi connectivity index (χ1n) is 4.74. The Labute approximate surface area is 86.8 Å². The highest BCUT2D eigenvalue weighted by Gasteiger charge is 2.18. The summed E-state index contributed by atoms with van der Waals surface area (Å²) < 4.78 is 5.40. The molecule has 0 heterocycles. The van der Waals surface area contributed by atoms with E-state index in [1.807, 2.05) is 36.5 Å². The molecule has 76 valence electrons. The predicted molar refractivity (Wildman–Crippen MR) is 63.4 cm³/mol. The van der Waals surface area contributed by atoms with Crippen LogP contribution in [0.4, 0.5) is 0 Å². The van der Waals surface area contributed by atoms with E-state index in [1.54, 1.807) is 7.11 Å². The second kappa shape index (κ2) is 5.07. The number of aliphatic imine (C=N–C) groups is 1. The fraction of sp³-hybridized carbons (Fsp3) is 0.364. The van der Waals surface area contributed by atoms with Crippen molar-refractivity contribution in [3.05, 3.63) is 35.9 Å². The van der Waals surface area contributed by atoms with E-state index in [1.165, 1.54) is 0 Å². The minimum absolute atomic E-state index is 0.818. The Kier molecular flexibility index (Phi) is 4.04.